The number of methoxy groups -OCH3 is 1. The largest absolute Gasteiger partial charge is 0.462 e. The lowest BCUT2D eigenvalue weighted by atomic mass is 9.69. The van der Waals surface area contributed by atoms with Crippen molar-refractivity contribution in [2.45, 2.75) is 24.5 Å². The van der Waals surface area contributed by atoms with E-state index in [0.29, 0.717) is 23.9 Å². The topological polar surface area (TPSA) is 56.6 Å². The van der Waals surface area contributed by atoms with Crippen molar-refractivity contribution in [2.24, 2.45) is 12.9 Å². The summed E-state index contributed by atoms with van der Waals surface area (Å²) in [7, 11) is 3.77. The molecule has 3 atom stereocenters. The lowest BCUT2D eigenvalue weighted by molar-refractivity contribution is -0.131. The molecule has 0 radical (unpaired) electrons. The van der Waals surface area contributed by atoms with E-state index < -0.39 is 18.5 Å². The highest BCUT2D eigenvalue weighted by Gasteiger charge is 2.51. The fourth-order valence-electron chi connectivity index (χ4n) is 5.46. The van der Waals surface area contributed by atoms with Gasteiger partial charge in [-0.2, -0.15) is 0 Å². The van der Waals surface area contributed by atoms with Crippen LogP contribution in [-0.4, -0.2) is 53.8 Å². The molecule has 5 rings (SSSR count). The molecule has 162 valence electrons. The lowest BCUT2D eigenvalue weighted by Crippen LogP contribution is -2.59. The highest BCUT2D eigenvalue weighted by atomic mass is 79.9. The minimum Gasteiger partial charge on any atom is -0.462 e. The Balaban J connectivity index is 1.47. The van der Waals surface area contributed by atoms with Gasteiger partial charge < -0.3 is 14.0 Å². The summed E-state index contributed by atoms with van der Waals surface area (Å²) in [5.74, 6) is -0.361. The molecule has 7 heteroatoms. The van der Waals surface area contributed by atoms with Crippen molar-refractivity contribution in [3.63, 3.8) is 0 Å². The van der Waals surface area contributed by atoms with Crippen LogP contribution in [0.15, 0.2) is 47.3 Å². The second-order valence-electron chi connectivity index (χ2n) is 8.54. The van der Waals surface area contributed by atoms with Gasteiger partial charge in [0.25, 0.3) is 0 Å². The van der Waals surface area contributed by atoms with Crippen molar-refractivity contribution in [3.05, 3.63) is 64.0 Å². The van der Waals surface area contributed by atoms with E-state index in [9.17, 15) is 4.79 Å². The number of esters is 1. The minimum atomic E-state index is -2.26. The van der Waals surface area contributed by atoms with Gasteiger partial charge in [-0.1, -0.05) is 12.1 Å². The van der Waals surface area contributed by atoms with E-state index in [1.54, 1.807) is 25.6 Å². The van der Waals surface area contributed by atoms with Crippen LogP contribution in [0.4, 0.5) is 0 Å². The van der Waals surface area contributed by atoms with Crippen LogP contribution in [0.3, 0.4) is 0 Å². The fourth-order valence-corrected chi connectivity index (χ4v) is 5.82. The molecule has 1 saturated heterocycles. The molecule has 0 N–H and O–H groups in total. The molecule has 31 heavy (non-hydrogen) atoms. The number of piperidine rings is 1. The minimum absolute atomic E-state index is 0.0456. The summed E-state index contributed by atoms with van der Waals surface area (Å²) in [6.07, 6.45) is 6.24. The van der Waals surface area contributed by atoms with E-state index in [1.165, 1.54) is 10.8 Å². The molecule has 1 aliphatic heterocycles. The van der Waals surface area contributed by atoms with Gasteiger partial charge in [0, 0.05) is 70.7 Å². The van der Waals surface area contributed by atoms with Gasteiger partial charge in [-0.3, -0.25) is 9.88 Å². The van der Waals surface area contributed by atoms with E-state index in [0.717, 1.165) is 27.5 Å². The Kier molecular flexibility index (Phi) is 4.32. The summed E-state index contributed by atoms with van der Waals surface area (Å²) < 4.78 is 38.0. The molecule has 0 saturated carbocycles. The standard InChI is InChI=1S/C24H26BrN3O3/c1-27-13-17-8-21-24(30-3,19-5-4-6-20(27)22(17)19)9-15(12-28(21)2)14-31-23(29)16-7-18(25)11-26-10-16/h4-7,10-11,13,15,21H,8-9,12,14H2,1-3H3/t15-,21-,24+/m1/s1/i1D3. The summed E-state index contributed by atoms with van der Waals surface area (Å²) in [5, 5.41) is 0.961. The number of likely N-dealkylation sites (N-methyl/N-ethyl adjacent to an activating group) is 1. The molecule has 6 nitrogen and oxygen atoms in total. The number of benzene rings is 1. The van der Waals surface area contributed by atoms with Crippen LogP contribution < -0.4 is 0 Å². The average molecular weight is 487 g/mol. The molecule has 1 aromatic carbocycles. The number of nitrogens with zero attached hydrogens (tertiary/aromatic N) is 3. The van der Waals surface area contributed by atoms with Crippen LogP contribution in [0, 0.1) is 5.92 Å². The molecule has 0 bridgehead atoms. The van der Waals surface area contributed by atoms with Crippen molar-refractivity contribution in [1.29, 1.82) is 0 Å². The Morgan fingerprint density at radius 2 is 2.29 bits per heavy atom. The molecule has 0 spiro atoms. The van der Waals surface area contributed by atoms with Crippen molar-refractivity contribution >= 4 is 32.8 Å². The second kappa shape index (κ2) is 7.73. The Morgan fingerprint density at radius 3 is 3.06 bits per heavy atom. The van der Waals surface area contributed by atoms with Gasteiger partial charge in [0.05, 0.1) is 12.2 Å². The van der Waals surface area contributed by atoms with E-state index in [-0.39, 0.29) is 18.6 Å². The first-order valence-electron chi connectivity index (χ1n) is 11.8. The van der Waals surface area contributed by atoms with Gasteiger partial charge in [-0.05, 0) is 59.1 Å². The van der Waals surface area contributed by atoms with Crippen LogP contribution in [0.5, 0.6) is 0 Å². The van der Waals surface area contributed by atoms with Gasteiger partial charge in [-0.15, -0.1) is 0 Å². The van der Waals surface area contributed by atoms with E-state index in [2.05, 4.69) is 32.9 Å². The Bertz CT molecular complexity index is 1260. The average Bonchev–Trinajstić information content (AvgIpc) is 3.18. The number of hydrogen-bond acceptors (Lipinski definition) is 5. The molecular weight excluding hydrogens is 458 g/mol. The number of aromatic nitrogens is 2. The summed E-state index contributed by atoms with van der Waals surface area (Å²) >= 11 is 3.33. The molecular formula is C24H26BrN3O3. The van der Waals surface area contributed by atoms with Crippen LogP contribution in [-0.2, 0) is 28.5 Å². The zero-order valence-corrected chi connectivity index (χ0v) is 19.1. The third kappa shape index (κ3) is 3.30. The van der Waals surface area contributed by atoms with E-state index >= 15 is 0 Å². The summed E-state index contributed by atoms with van der Waals surface area (Å²) in [6.45, 7) is -1.26. The smallest absolute Gasteiger partial charge is 0.339 e. The maximum atomic E-state index is 12.6. The maximum absolute atomic E-state index is 12.6. The Hall–Kier alpha value is -2.22. The molecule has 1 fully saturated rings. The zero-order valence-electron chi connectivity index (χ0n) is 20.5. The number of carbonyl (C=O) groups excluding carboxylic acids is 1. The third-order valence-corrected chi connectivity index (χ3v) is 7.17. The fraction of sp³-hybridized carbons (Fsp3) is 0.417. The lowest BCUT2D eigenvalue weighted by Gasteiger charge is -2.53. The summed E-state index contributed by atoms with van der Waals surface area (Å²) in [6, 6.07) is 7.53. The Labute approximate surface area is 194 Å². The highest BCUT2D eigenvalue weighted by molar-refractivity contribution is 9.10. The molecule has 1 aliphatic carbocycles. The number of halogens is 1. The number of hydrogen-bond donors (Lipinski definition) is 0. The van der Waals surface area contributed by atoms with Crippen LogP contribution >= 0.6 is 15.9 Å². The number of pyridine rings is 1. The van der Waals surface area contributed by atoms with Gasteiger partial charge in [0.2, 0.25) is 0 Å². The number of ether oxygens (including phenoxy) is 2. The number of rotatable bonds is 4. The van der Waals surface area contributed by atoms with Crippen molar-refractivity contribution in [1.82, 2.24) is 14.5 Å². The van der Waals surface area contributed by atoms with Gasteiger partial charge in [0.1, 0.15) is 5.60 Å². The molecule has 3 aromatic rings. The van der Waals surface area contributed by atoms with Gasteiger partial charge in [-0.25, -0.2) is 4.79 Å². The molecule has 0 amide bonds. The first-order valence-corrected chi connectivity index (χ1v) is 11.1. The monoisotopic (exact) mass is 486 g/mol. The Morgan fingerprint density at radius 1 is 1.42 bits per heavy atom. The summed E-state index contributed by atoms with van der Waals surface area (Å²) in [5.41, 5.74) is 2.49. The number of fused-ring (bicyclic) bond motifs is 2. The maximum Gasteiger partial charge on any atom is 0.339 e. The van der Waals surface area contributed by atoms with Gasteiger partial charge >= 0.3 is 5.97 Å². The van der Waals surface area contributed by atoms with Crippen molar-refractivity contribution < 1.29 is 18.4 Å². The third-order valence-electron chi connectivity index (χ3n) is 6.74. The molecule has 2 aliphatic rings. The number of carbonyl (C=O) groups is 1. The molecule has 3 heterocycles. The molecule has 2 aromatic heterocycles. The van der Waals surface area contributed by atoms with Gasteiger partial charge in [0.15, 0.2) is 0 Å². The SMILES string of the molecule is [2H]C([2H])([2H])n1cc2c3c(cccc31)[C@@]1(OC)C[C@@H](COC(=O)c3cncc(Br)c3)CN(C)[C@@H]1C2. The predicted octanol–water partition coefficient (Wildman–Crippen LogP) is 3.91. The predicted molar refractivity (Wildman–Crippen MR) is 122 cm³/mol. The zero-order chi connectivity index (χ0) is 24.3. The first-order chi connectivity index (χ1) is 16.1. The van der Waals surface area contributed by atoms with E-state index in [1.807, 2.05) is 18.2 Å². The van der Waals surface area contributed by atoms with Crippen molar-refractivity contribution in [2.75, 3.05) is 27.3 Å². The number of aryl methyl sites for hydroxylation is 1. The van der Waals surface area contributed by atoms with Crippen molar-refractivity contribution in [3.8, 4) is 0 Å². The first kappa shape index (κ1) is 17.3. The van der Waals surface area contributed by atoms with Crippen LogP contribution in [0.1, 0.15) is 32.0 Å². The summed E-state index contributed by atoms with van der Waals surface area (Å²) in [4.78, 5) is 18.9. The van der Waals surface area contributed by atoms with Crippen LogP contribution in [0.25, 0.3) is 10.9 Å². The highest BCUT2D eigenvalue weighted by Crippen LogP contribution is 2.49. The van der Waals surface area contributed by atoms with Crippen LogP contribution in [0.2, 0.25) is 0 Å². The quantitative estimate of drug-likeness (QED) is 0.523. The second-order valence-corrected chi connectivity index (χ2v) is 9.45. The molecule has 0 unspecified atom stereocenters. The normalized spacial score (nSPS) is 27.3. The number of likely N-dealkylation sites (tertiary alicyclic amines) is 1. The van der Waals surface area contributed by atoms with E-state index in [4.69, 9.17) is 13.6 Å².